The molecule has 0 saturated heterocycles. The summed E-state index contributed by atoms with van der Waals surface area (Å²) in [7, 11) is 0. The number of aromatic nitrogens is 1. The molecule has 0 radical (unpaired) electrons. The van der Waals surface area contributed by atoms with Crippen LogP contribution < -0.4 is 11.1 Å². The topological polar surface area (TPSA) is 50.9 Å². The highest BCUT2D eigenvalue weighted by atomic mass is 19.4. The number of alkyl halides is 3. The van der Waals surface area contributed by atoms with Gasteiger partial charge in [0.25, 0.3) is 0 Å². The summed E-state index contributed by atoms with van der Waals surface area (Å²) < 4.78 is 38.7. The first-order chi connectivity index (χ1) is 10.9. The van der Waals surface area contributed by atoms with Crippen LogP contribution in [0.5, 0.6) is 0 Å². The Kier molecular flexibility index (Phi) is 4.26. The quantitative estimate of drug-likeness (QED) is 0.877. The molecule has 1 aliphatic carbocycles. The second-order valence-corrected chi connectivity index (χ2v) is 5.91. The van der Waals surface area contributed by atoms with Crippen LogP contribution in [-0.2, 0) is 12.7 Å². The van der Waals surface area contributed by atoms with E-state index in [1.807, 2.05) is 6.07 Å². The van der Waals surface area contributed by atoms with Crippen LogP contribution in [0.1, 0.15) is 35.6 Å². The smallest absolute Gasteiger partial charge is 0.384 e. The van der Waals surface area contributed by atoms with Gasteiger partial charge in [-0.05, 0) is 54.2 Å². The Morgan fingerprint density at radius 3 is 2.65 bits per heavy atom. The van der Waals surface area contributed by atoms with Gasteiger partial charge in [-0.2, -0.15) is 13.2 Å². The van der Waals surface area contributed by atoms with Crippen LogP contribution in [-0.4, -0.2) is 4.98 Å². The third-order valence-corrected chi connectivity index (χ3v) is 4.04. The lowest BCUT2D eigenvalue weighted by Crippen LogP contribution is -2.23. The molecule has 2 aromatic rings. The van der Waals surface area contributed by atoms with Gasteiger partial charge in [0.15, 0.2) is 0 Å². The molecule has 23 heavy (non-hydrogen) atoms. The van der Waals surface area contributed by atoms with Crippen LogP contribution in [0.3, 0.4) is 0 Å². The van der Waals surface area contributed by atoms with Crippen molar-refractivity contribution in [2.24, 2.45) is 5.92 Å². The summed E-state index contributed by atoms with van der Waals surface area (Å²) in [6.45, 7) is 0.546. The molecular formula is C17H18F3N3. The monoisotopic (exact) mass is 321 g/mol. The molecule has 0 spiro atoms. The SMILES string of the molecule is Nc1cc(CN[C@H](c2cccc(C(F)(F)F)c2)C2CC2)ccn1. The van der Waals surface area contributed by atoms with E-state index in [1.165, 1.54) is 12.1 Å². The van der Waals surface area contributed by atoms with E-state index in [9.17, 15) is 13.2 Å². The highest BCUT2D eigenvalue weighted by Crippen LogP contribution is 2.42. The standard InChI is InChI=1S/C17H18F3N3/c18-17(19,20)14-3-1-2-13(9-14)16(12-4-5-12)23-10-11-6-7-22-15(21)8-11/h1-3,6-9,12,16,23H,4-5,10H2,(H2,21,22)/t16-/m0/s1. The number of hydrogen-bond acceptors (Lipinski definition) is 3. The third kappa shape index (κ3) is 4.01. The molecule has 6 heteroatoms. The number of benzene rings is 1. The molecule has 122 valence electrons. The van der Waals surface area contributed by atoms with E-state index in [1.54, 1.807) is 18.3 Å². The highest BCUT2D eigenvalue weighted by Gasteiger charge is 2.35. The van der Waals surface area contributed by atoms with Crippen molar-refractivity contribution in [1.29, 1.82) is 0 Å². The summed E-state index contributed by atoms with van der Waals surface area (Å²) >= 11 is 0. The molecule has 1 fully saturated rings. The molecule has 1 aliphatic rings. The van der Waals surface area contributed by atoms with Gasteiger partial charge in [-0.3, -0.25) is 0 Å². The fourth-order valence-electron chi connectivity index (χ4n) is 2.73. The van der Waals surface area contributed by atoms with Crippen molar-refractivity contribution in [3.8, 4) is 0 Å². The van der Waals surface area contributed by atoms with Crippen molar-refractivity contribution < 1.29 is 13.2 Å². The largest absolute Gasteiger partial charge is 0.416 e. The Bertz CT molecular complexity index is 681. The average molecular weight is 321 g/mol. The Morgan fingerprint density at radius 2 is 2.00 bits per heavy atom. The van der Waals surface area contributed by atoms with Gasteiger partial charge in [-0.15, -0.1) is 0 Å². The Hall–Kier alpha value is -2.08. The number of anilines is 1. The summed E-state index contributed by atoms with van der Waals surface area (Å²) in [5.74, 6) is 0.823. The third-order valence-electron chi connectivity index (χ3n) is 4.04. The molecule has 1 aromatic carbocycles. The van der Waals surface area contributed by atoms with E-state index < -0.39 is 11.7 Å². The lowest BCUT2D eigenvalue weighted by Gasteiger charge is -2.20. The number of nitrogens with two attached hydrogens (primary N) is 1. The van der Waals surface area contributed by atoms with Gasteiger partial charge in [0.2, 0.25) is 0 Å². The fourth-order valence-corrected chi connectivity index (χ4v) is 2.73. The molecule has 3 nitrogen and oxygen atoms in total. The normalized spacial score (nSPS) is 16.3. The predicted molar refractivity (Wildman–Crippen MR) is 82.4 cm³/mol. The van der Waals surface area contributed by atoms with Gasteiger partial charge in [0, 0.05) is 18.8 Å². The van der Waals surface area contributed by atoms with Crippen molar-refractivity contribution in [2.45, 2.75) is 31.6 Å². The molecule has 1 atom stereocenters. The number of rotatable bonds is 5. The first-order valence-electron chi connectivity index (χ1n) is 7.54. The zero-order valence-corrected chi connectivity index (χ0v) is 12.5. The van der Waals surface area contributed by atoms with Gasteiger partial charge < -0.3 is 11.1 Å². The summed E-state index contributed by atoms with van der Waals surface area (Å²) in [5, 5.41) is 3.37. The maximum absolute atomic E-state index is 12.9. The number of hydrogen-bond donors (Lipinski definition) is 2. The zero-order valence-electron chi connectivity index (χ0n) is 12.5. The fraction of sp³-hybridized carbons (Fsp3) is 0.353. The lowest BCUT2D eigenvalue weighted by atomic mass is 9.99. The van der Waals surface area contributed by atoms with Gasteiger partial charge >= 0.3 is 6.18 Å². The first kappa shape index (κ1) is 15.8. The number of halogens is 3. The minimum atomic E-state index is -4.32. The van der Waals surface area contributed by atoms with Crippen molar-refractivity contribution in [2.75, 3.05) is 5.73 Å². The van der Waals surface area contributed by atoms with Gasteiger partial charge in [-0.1, -0.05) is 12.1 Å². The molecular weight excluding hydrogens is 303 g/mol. The Labute approximate surface area is 132 Å². The summed E-state index contributed by atoms with van der Waals surface area (Å²) in [6, 6.07) is 9.12. The molecule has 0 amide bonds. The lowest BCUT2D eigenvalue weighted by molar-refractivity contribution is -0.137. The molecule has 0 aliphatic heterocycles. The molecule has 3 N–H and O–H groups in total. The minimum absolute atomic E-state index is 0.0771. The first-order valence-corrected chi connectivity index (χ1v) is 7.54. The van der Waals surface area contributed by atoms with E-state index in [4.69, 9.17) is 5.73 Å². The second-order valence-electron chi connectivity index (χ2n) is 5.91. The van der Waals surface area contributed by atoms with E-state index in [2.05, 4.69) is 10.3 Å². The maximum atomic E-state index is 12.9. The molecule has 1 saturated carbocycles. The van der Waals surface area contributed by atoms with Crippen molar-refractivity contribution in [3.63, 3.8) is 0 Å². The summed E-state index contributed by atoms with van der Waals surface area (Å²) in [6.07, 6.45) is -0.620. The predicted octanol–water partition coefficient (Wildman–Crippen LogP) is 3.92. The van der Waals surface area contributed by atoms with Crippen LogP contribution >= 0.6 is 0 Å². The van der Waals surface area contributed by atoms with Crippen molar-refractivity contribution >= 4 is 5.82 Å². The summed E-state index contributed by atoms with van der Waals surface area (Å²) in [5.41, 5.74) is 6.70. The van der Waals surface area contributed by atoms with Gasteiger partial charge in [0.05, 0.1) is 5.56 Å². The van der Waals surface area contributed by atoms with E-state index in [0.29, 0.717) is 23.8 Å². The number of nitrogen functional groups attached to an aromatic ring is 1. The van der Waals surface area contributed by atoms with E-state index >= 15 is 0 Å². The van der Waals surface area contributed by atoms with Crippen LogP contribution in [0, 0.1) is 5.92 Å². The number of nitrogens with zero attached hydrogens (tertiary/aromatic N) is 1. The Balaban J connectivity index is 1.77. The molecule has 3 rings (SSSR count). The van der Waals surface area contributed by atoms with Crippen LogP contribution in [0.15, 0.2) is 42.6 Å². The second kappa shape index (κ2) is 6.20. The number of nitrogens with one attached hydrogen (secondary N) is 1. The number of pyridine rings is 1. The molecule has 0 bridgehead atoms. The van der Waals surface area contributed by atoms with Gasteiger partial charge in [0.1, 0.15) is 5.82 Å². The highest BCUT2D eigenvalue weighted by molar-refractivity contribution is 5.32. The molecule has 0 unspecified atom stereocenters. The Morgan fingerprint density at radius 1 is 1.22 bits per heavy atom. The van der Waals surface area contributed by atoms with E-state index in [-0.39, 0.29) is 6.04 Å². The minimum Gasteiger partial charge on any atom is -0.384 e. The average Bonchev–Trinajstić information content (AvgIpc) is 3.32. The van der Waals surface area contributed by atoms with Crippen LogP contribution in [0.2, 0.25) is 0 Å². The van der Waals surface area contributed by atoms with Crippen LogP contribution in [0.4, 0.5) is 19.0 Å². The zero-order chi connectivity index (χ0) is 16.4. The molecule has 1 aromatic heterocycles. The van der Waals surface area contributed by atoms with Gasteiger partial charge in [-0.25, -0.2) is 4.98 Å². The van der Waals surface area contributed by atoms with Crippen molar-refractivity contribution in [3.05, 3.63) is 59.3 Å². The summed E-state index contributed by atoms with van der Waals surface area (Å²) in [4.78, 5) is 3.94. The maximum Gasteiger partial charge on any atom is 0.416 e. The van der Waals surface area contributed by atoms with E-state index in [0.717, 1.165) is 24.5 Å². The molecule has 1 heterocycles. The van der Waals surface area contributed by atoms with Crippen molar-refractivity contribution in [1.82, 2.24) is 10.3 Å². The van der Waals surface area contributed by atoms with Crippen LogP contribution in [0.25, 0.3) is 0 Å².